The molecule has 0 radical (unpaired) electrons. The van der Waals surface area contributed by atoms with Gasteiger partial charge in [0.15, 0.2) is 0 Å². The first-order valence-corrected chi connectivity index (χ1v) is 5.46. The molecule has 0 aliphatic rings. The molecule has 1 rings (SSSR count). The molecule has 0 heterocycles. The minimum atomic E-state index is -1.35. The Kier molecular flexibility index (Phi) is 3.38. The molecule has 1 N–H and O–H groups in total. The molecule has 5 heteroatoms. The van der Waals surface area contributed by atoms with Gasteiger partial charge < -0.3 is 0 Å². The minimum Gasteiger partial charge on any atom is -0.299 e. The van der Waals surface area contributed by atoms with E-state index in [0.717, 1.165) is 0 Å². The second kappa shape index (κ2) is 4.10. The van der Waals surface area contributed by atoms with Crippen LogP contribution in [0.5, 0.6) is 0 Å². The van der Waals surface area contributed by atoms with Crippen LogP contribution in [0.25, 0.3) is 0 Å². The van der Waals surface area contributed by atoms with Crippen LogP contribution in [0.15, 0.2) is 22.7 Å². The molecule has 0 bridgehead atoms. The van der Waals surface area contributed by atoms with Crippen LogP contribution in [0.2, 0.25) is 0 Å². The Balaban J connectivity index is 2.98. The van der Waals surface area contributed by atoms with E-state index in [4.69, 9.17) is 0 Å². The van der Waals surface area contributed by atoms with Crippen LogP contribution in [0.3, 0.4) is 0 Å². The van der Waals surface area contributed by atoms with E-state index in [1.807, 2.05) is 0 Å². The third kappa shape index (κ3) is 2.48. The van der Waals surface area contributed by atoms with E-state index >= 15 is 0 Å². The fraction of sp³-hybridized carbons (Fsp3) is 0. The Morgan fingerprint density at radius 1 is 1.55 bits per heavy atom. The summed E-state index contributed by atoms with van der Waals surface area (Å²) in [6.45, 7) is 0. The zero-order chi connectivity index (χ0) is 8.27. The second-order valence-electron chi connectivity index (χ2n) is 1.80. The maximum atomic E-state index is 12.8. The molecule has 11 heavy (non-hydrogen) atoms. The van der Waals surface area contributed by atoms with Crippen molar-refractivity contribution >= 4 is 43.1 Å². The average Bonchev–Trinajstić information content (AvgIpc) is 1.95. The van der Waals surface area contributed by atoms with Gasteiger partial charge in [-0.15, -0.1) is 0 Å². The first kappa shape index (κ1) is 9.05. The van der Waals surface area contributed by atoms with Gasteiger partial charge in [0.1, 0.15) is 5.82 Å². The van der Waals surface area contributed by atoms with Crippen molar-refractivity contribution in [3.05, 3.63) is 28.5 Å². The van der Waals surface area contributed by atoms with Gasteiger partial charge >= 0.3 is 0 Å². The number of anilines is 1. The van der Waals surface area contributed by atoms with Crippen LogP contribution in [-0.2, 0) is 3.07 Å². The number of nitrogens with one attached hydrogen (secondary N) is 1. The van der Waals surface area contributed by atoms with Gasteiger partial charge in [-0.3, -0.25) is 3.53 Å². The summed E-state index contributed by atoms with van der Waals surface area (Å²) in [5.41, 5.74) is 0.288. The zero-order valence-electron chi connectivity index (χ0n) is 5.27. The Morgan fingerprint density at radius 3 is 2.82 bits per heavy atom. The van der Waals surface area contributed by atoms with Crippen molar-refractivity contribution in [2.45, 2.75) is 0 Å². The van der Waals surface area contributed by atoms with E-state index in [2.05, 4.69) is 19.5 Å². The quantitative estimate of drug-likeness (QED) is 0.666. The molecular formula is C6H4BrFINO. The first-order chi connectivity index (χ1) is 5.24. The van der Waals surface area contributed by atoms with E-state index in [-0.39, 0.29) is 5.69 Å². The Bertz CT molecular complexity index is 281. The van der Waals surface area contributed by atoms with Crippen molar-refractivity contribution in [1.29, 1.82) is 0 Å². The topological polar surface area (TPSA) is 29.1 Å². The van der Waals surface area contributed by atoms with Gasteiger partial charge in [0.05, 0.1) is 5.69 Å². The van der Waals surface area contributed by atoms with Crippen LogP contribution in [-0.4, -0.2) is 0 Å². The highest BCUT2D eigenvalue weighted by Gasteiger charge is 2.00. The molecule has 2 nitrogen and oxygen atoms in total. The van der Waals surface area contributed by atoms with Gasteiger partial charge in [-0.1, -0.05) is 15.9 Å². The number of benzene rings is 1. The van der Waals surface area contributed by atoms with E-state index in [1.54, 1.807) is 6.07 Å². The van der Waals surface area contributed by atoms with Crippen molar-refractivity contribution < 1.29 is 7.46 Å². The lowest BCUT2D eigenvalue weighted by Gasteiger charge is -1.98. The third-order valence-corrected chi connectivity index (χ3v) is 2.37. The van der Waals surface area contributed by atoms with Gasteiger partial charge in [-0.05, 0) is 18.2 Å². The number of rotatable bonds is 2. The summed E-state index contributed by atoms with van der Waals surface area (Å²) in [7, 11) is 0. The largest absolute Gasteiger partial charge is 0.299 e. The van der Waals surface area contributed by atoms with Gasteiger partial charge in [0.2, 0.25) is 0 Å². The molecular weight excluding hydrogens is 328 g/mol. The zero-order valence-corrected chi connectivity index (χ0v) is 9.02. The average molecular weight is 332 g/mol. The second-order valence-corrected chi connectivity index (χ2v) is 3.69. The molecule has 0 aromatic heterocycles. The molecule has 0 saturated heterocycles. The van der Waals surface area contributed by atoms with Crippen molar-refractivity contribution in [1.82, 2.24) is 0 Å². The first-order valence-electron chi connectivity index (χ1n) is 2.71. The van der Waals surface area contributed by atoms with Gasteiger partial charge in [0, 0.05) is 4.47 Å². The molecule has 1 aromatic rings. The Hall–Kier alpha value is -0.0400. The molecule has 60 valence electrons. The van der Waals surface area contributed by atoms with E-state index in [9.17, 15) is 7.46 Å². The SMILES string of the molecule is O=INc1ccc(Br)cc1F. The van der Waals surface area contributed by atoms with Crippen LogP contribution >= 0.6 is 37.4 Å². The summed E-state index contributed by atoms with van der Waals surface area (Å²) >= 11 is 1.76. The van der Waals surface area contributed by atoms with Gasteiger partial charge in [0.25, 0.3) is 21.5 Å². The molecule has 0 aliphatic heterocycles. The van der Waals surface area contributed by atoms with Crippen molar-refractivity contribution in [2.75, 3.05) is 3.53 Å². The maximum absolute atomic E-state index is 12.8. The lowest BCUT2D eigenvalue weighted by Crippen LogP contribution is -1.85. The van der Waals surface area contributed by atoms with Gasteiger partial charge in [-0.2, -0.15) is 0 Å². The van der Waals surface area contributed by atoms with Gasteiger partial charge in [-0.25, -0.2) is 7.46 Å². The highest BCUT2D eigenvalue weighted by Crippen LogP contribution is 2.20. The minimum absolute atomic E-state index is 0.288. The normalized spacial score (nSPS) is 9.64. The fourth-order valence-electron chi connectivity index (χ4n) is 0.608. The van der Waals surface area contributed by atoms with Crippen molar-refractivity contribution in [3.8, 4) is 0 Å². The summed E-state index contributed by atoms with van der Waals surface area (Å²) in [6, 6.07) is 4.55. The molecule has 0 amide bonds. The standard InChI is InChI=1S/C6H4BrFINO/c7-4-1-2-6(10-9-11)5(8)3-4/h1-3H,(H,10,11). The molecule has 0 spiro atoms. The fourth-order valence-corrected chi connectivity index (χ4v) is 1.62. The van der Waals surface area contributed by atoms with Crippen molar-refractivity contribution in [3.63, 3.8) is 0 Å². The summed E-state index contributed by atoms with van der Waals surface area (Å²) in [6.07, 6.45) is 0. The van der Waals surface area contributed by atoms with Crippen LogP contribution in [0.4, 0.5) is 10.1 Å². The van der Waals surface area contributed by atoms with E-state index < -0.39 is 27.3 Å². The maximum Gasteiger partial charge on any atom is 0.270 e. The summed E-state index contributed by atoms with van der Waals surface area (Å²) in [5, 5.41) is 0. The number of hydrogen-bond acceptors (Lipinski definition) is 1. The third-order valence-electron chi connectivity index (χ3n) is 1.07. The lowest BCUT2D eigenvalue weighted by molar-refractivity contribution is 0.631. The van der Waals surface area contributed by atoms with Crippen LogP contribution < -0.4 is 3.53 Å². The molecule has 1 aromatic carbocycles. The molecule has 0 fully saturated rings. The lowest BCUT2D eigenvalue weighted by atomic mass is 10.3. The Morgan fingerprint density at radius 2 is 2.27 bits per heavy atom. The summed E-state index contributed by atoms with van der Waals surface area (Å²) < 4.78 is 26.1. The van der Waals surface area contributed by atoms with E-state index in [0.29, 0.717) is 4.47 Å². The summed E-state index contributed by atoms with van der Waals surface area (Å²) in [4.78, 5) is 0. The highest BCUT2D eigenvalue weighted by molar-refractivity contribution is 14.1. The van der Waals surface area contributed by atoms with Crippen molar-refractivity contribution in [2.24, 2.45) is 0 Å². The van der Waals surface area contributed by atoms with Crippen LogP contribution in [0.1, 0.15) is 0 Å². The molecule has 0 unspecified atom stereocenters. The highest BCUT2D eigenvalue weighted by atomic mass is 127. The predicted molar refractivity (Wildman–Crippen MR) is 52.4 cm³/mol. The van der Waals surface area contributed by atoms with Crippen LogP contribution in [0, 0.1) is 5.82 Å². The molecule has 0 aliphatic carbocycles. The van der Waals surface area contributed by atoms with E-state index in [1.165, 1.54) is 12.1 Å². The summed E-state index contributed by atoms with van der Waals surface area (Å²) in [5.74, 6) is -0.394. The predicted octanol–water partition coefficient (Wildman–Crippen LogP) is 3.23. The molecule has 0 saturated carbocycles. The monoisotopic (exact) mass is 331 g/mol. The number of hydrogen-bond donors (Lipinski definition) is 1. The smallest absolute Gasteiger partial charge is 0.270 e. The Labute approximate surface area is 82.3 Å². The molecule has 0 atom stereocenters. The number of halogens is 3.